The van der Waals surface area contributed by atoms with Crippen LogP contribution in [0, 0.1) is 6.92 Å². The number of azo groups is 1. The van der Waals surface area contributed by atoms with E-state index in [-0.39, 0.29) is 5.69 Å². The molecule has 1 heterocycles. The van der Waals surface area contributed by atoms with E-state index in [0.717, 1.165) is 38.5 Å². The van der Waals surface area contributed by atoms with Crippen LogP contribution in [0.5, 0.6) is 5.75 Å². The number of phenols is 1. The van der Waals surface area contributed by atoms with E-state index < -0.39 is 17.5 Å². The number of thiazole rings is 1. The molecule has 0 aliphatic rings. The fourth-order valence-corrected chi connectivity index (χ4v) is 3.68. The predicted molar refractivity (Wildman–Crippen MR) is 107 cm³/mol. The summed E-state index contributed by atoms with van der Waals surface area (Å²) in [5, 5.41) is 18.5. The molecule has 4 nitrogen and oxygen atoms in total. The minimum absolute atomic E-state index is 0.0383. The second kappa shape index (κ2) is 7.29. The van der Waals surface area contributed by atoms with Crippen molar-refractivity contribution in [3.63, 3.8) is 0 Å². The summed E-state index contributed by atoms with van der Waals surface area (Å²) in [6.45, 7) is 2.02. The SMILES string of the molecule is Cc1ccc2sc(-c3ccc(/N=N/c4ccc(C(F)(F)F)cc4O)cc3)nc2c1. The molecule has 0 bridgehead atoms. The van der Waals surface area contributed by atoms with Crippen LogP contribution in [0.3, 0.4) is 0 Å². The molecule has 4 aromatic rings. The maximum atomic E-state index is 12.6. The zero-order valence-corrected chi connectivity index (χ0v) is 15.9. The number of fused-ring (bicyclic) bond motifs is 1. The maximum Gasteiger partial charge on any atom is 0.416 e. The predicted octanol–water partition coefficient (Wildman–Crippen LogP) is 7.41. The van der Waals surface area contributed by atoms with Crippen molar-refractivity contribution in [3.05, 3.63) is 71.8 Å². The fraction of sp³-hybridized carbons (Fsp3) is 0.0952. The van der Waals surface area contributed by atoms with Gasteiger partial charge in [0.2, 0.25) is 0 Å². The van der Waals surface area contributed by atoms with E-state index in [4.69, 9.17) is 0 Å². The van der Waals surface area contributed by atoms with Gasteiger partial charge in [-0.1, -0.05) is 6.07 Å². The van der Waals surface area contributed by atoms with E-state index in [0.29, 0.717) is 11.8 Å². The van der Waals surface area contributed by atoms with Gasteiger partial charge in [-0.05, 0) is 67.1 Å². The maximum absolute atomic E-state index is 12.6. The molecule has 146 valence electrons. The molecule has 1 aromatic heterocycles. The molecule has 0 aliphatic carbocycles. The summed E-state index contributed by atoms with van der Waals surface area (Å²) >= 11 is 1.59. The third-order valence-electron chi connectivity index (χ3n) is 4.23. The van der Waals surface area contributed by atoms with Crippen molar-refractivity contribution in [3.8, 4) is 16.3 Å². The summed E-state index contributed by atoms with van der Waals surface area (Å²) in [5.41, 5.74) is 2.56. The van der Waals surface area contributed by atoms with Gasteiger partial charge in [-0.2, -0.15) is 18.3 Å². The molecule has 3 aromatic carbocycles. The van der Waals surface area contributed by atoms with E-state index >= 15 is 0 Å². The van der Waals surface area contributed by atoms with Crippen molar-refractivity contribution in [1.29, 1.82) is 0 Å². The lowest BCUT2D eigenvalue weighted by Crippen LogP contribution is -2.03. The van der Waals surface area contributed by atoms with Crippen molar-refractivity contribution in [2.75, 3.05) is 0 Å². The molecule has 0 amide bonds. The van der Waals surface area contributed by atoms with E-state index in [9.17, 15) is 18.3 Å². The van der Waals surface area contributed by atoms with Crippen molar-refractivity contribution < 1.29 is 18.3 Å². The largest absolute Gasteiger partial charge is 0.506 e. The van der Waals surface area contributed by atoms with E-state index in [2.05, 4.69) is 15.2 Å². The molecule has 0 saturated carbocycles. The van der Waals surface area contributed by atoms with Gasteiger partial charge >= 0.3 is 6.18 Å². The van der Waals surface area contributed by atoms with Crippen molar-refractivity contribution >= 4 is 32.9 Å². The molecule has 0 spiro atoms. The number of aromatic hydroxyl groups is 1. The molecule has 0 atom stereocenters. The summed E-state index contributed by atoms with van der Waals surface area (Å²) in [6, 6.07) is 15.9. The molecule has 0 fully saturated rings. The normalized spacial score (nSPS) is 12.1. The average Bonchev–Trinajstić information content (AvgIpc) is 3.10. The lowest BCUT2D eigenvalue weighted by Gasteiger charge is -2.07. The number of halogens is 3. The highest BCUT2D eigenvalue weighted by Crippen LogP contribution is 2.36. The Kier molecular flexibility index (Phi) is 4.79. The third-order valence-corrected chi connectivity index (χ3v) is 5.32. The summed E-state index contributed by atoms with van der Waals surface area (Å²) in [5.74, 6) is -0.579. The van der Waals surface area contributed by atoms with Crippen LogP contribution in [0.1, 0.15) is 11.1 Å². The average molecular weight is 413 g/mol. The minimum atomic E-state index is -4.53. The Balaban J connectivity index is 1.55. The molecule has 0 unspecified atom stereocenters. The first-order chi connectivity index (χ1) is 13.8. The summed E-state index contributed by atoms with van der Waals surface area (Å²) in [6.07, 6.45) is -4.53. The first-order valence-electron chi connectivity index (χ1n) is 8.59. The van der Waals surface area contributed by atoms with Crippen molar-refractivity contribution in [2.45, 2.75) is 13.1 Å². The van der Waals surface area contributed by atoms with Crippen LogP contribution in [0.15, 0.2) is 70.9 Å². The summed E-state index contributed by atoms with van der Waals surface area (Å²) in [7, 11) is 0. The number of nitrogens with zero attached hydrogens (tertiary/aromatic N) is 3. The molecular weight excluding hydrogens is 399 g/mol. The Morgan fingerprint density at radius 1 is 0.931 bits per heavy atom. The van der Waals surface area contributed by atoms with Gasteiger partial charge in [-0.3, -0.25) is 0 Å². The number of benzene rings is 3. The Morgan fingerprint density at radius 2 is 1.69 bits per heavy atom. The number of aromatic nitrogens is 1. The van der Waals surface area contributed by atoms with Gasteiger partial charge in [-0.15, -0.1) is 16.5 Å². The van der Waals surface area contributed by atoms with Gasteiger partial charge in [0.15, 0.2) is 0 Å². The van der Waals surface area contributed by atoms with Crippen molar-refractivity contribution in [2.24, 2.45) is 10.2 Å². The lowest BCUT2D eigenvalue weighted by molar-refractivity contribution is -0.137. The Hall–Kier alpha value is -3.26. The van der Waals surface area contributed by atoms with Crippen LogP contribution < -0.4 is 0 Å². The first-order valence-corrected chi connectivity index (χ1v) is 9.41. The van der Waals surface area contributed by atoms with Crippen LogP contribution in [0.2, 0.25) is 0 Å². The Labute approximate surface area is 168 Å². The van der Waals surface area contributed by atoms with Gasteiger partial charge in [0.1, 0.15) is 16.4 Å². The molecule has 0 saturated heterocycles. The number of hydrogen-bond acceptors (Lipinski definition) is 5. The molecular formula is C21H14F3N3OS. The van der Waals surface area contributed by atoms with Crippen LogP contribution in [0.4, 0.5) is 24.5 Å². The summed E-state index contributed by atoms with van der Waals surface area (Å²) < 4.78 is 39.0. The second-order valence-corrected chi connectivity index (χ2v) is 7.47. The zero-order valence-electron chi connectivity index (χ0n) is 15.1. The number of phenolic OH excluding ortho intramolecular Hbond substituents is 1. The van der Waals surface area contributed by atoms with Crippen LogP contribution in [-0.2, 0) is 6.18 Å². The highest BCUT2D eigenvalue weighted by Gasteiger charge is 2.31. The Morgan fingerprint density at radius 3 is 2.38 bits per heavy atom. The third kappa shape index (κ3) is 4.12. The van der Waals surface area contributed by atoms with Crippen molar-refractivity contribution in [1.82, 2.24) is 4.98 Å². The Bertz CT molecular complexity index is 1210. The summed E-state index contributed by atoms with van der Waals surface area (Å²) in [4.78, 5) is 4.65. The van der Waals surface area contributed by atoms with Crippen LogP contribution in [-0.4, -0.2) is 10.1 Å². The standard InChI is InChI=1S/C21H14F3N3OS/c1-12-2-9-19-17(10-12)25-20(29-19)13-3-6-15(7-4-13)26-27-16-8-5-14(11-18(16)28)21(22,23)24/h2-11,28H,1H3/b27-26+. The van der Waals surface area contributed by atoms with Gasteiger partial charge in [-0.25, -0.2) is 4.98 Å². The van der Waals surface area contributed by atoms with Crippen LogP contribution in [0.25, 0.3) is 20.8 Å². The van der Waals surface area contributed by atoms with E-state index in [1.165, 1.54) is 0 Å². The minimum Gasteiger partial charge on any atom is -0.506 e. The smallest absolute Gasteiger partial charge is 0.416 e. The molecule has 4 rings (SSSR count). The van der Waals surface area contributed by atoms with E-state index in [1.54, 1.807) is 23.5 Å². The highest BCUT2D eigenvalue weighted by molar-refractivity contribution is 7.21. The topological polar surface area (TPSA) is 57.8 Å². The number of hydrogen-bond donors (Lipinski definition) is 1. The fourth-order valence-electron chi connectivity index (χ4n) is 2.73. The monoisotopic (exact) mass is 413 g/mol. The number of rotatable bonds is 3. The lowest BCUT2D eigenvalue weighted by atomic mass is 10.2. The first kappa shape index (κ1) is 19.1. The highest BCUT2D eigenvalue weighted by atomic mass is 32.1. The quantitative estimate of drug-likeness (QED) is 0.356. The molecule has 8 heteroatoms. The van der Waals surface area contributed by atoms with Gasteiger partial charge in [0, 0.05) is 5.56 Å². The van der Waals surface area contributed by atoms with Gasteiger partial charge in [0.25, 0.3) is 0 Å². The number of alkyl halides is 3. The zero-order chi connectivity index (χ0) is 20.6. The number of aryl methyl sites for hydroxylation is 1. The molecule has 29 heavy (non-hydrogen) atoms. The molecule has 1 N–H and O–H groups in total. The van der Waals surface area contributed by atoms with Gasteiger partial charge < -0.3 is 5.11 Å². The van der Waals surface area contributed by atoms with Crippen LogP contribution >= 0.6 is 11.3 Å². The molecule has 0 aliphatic heterocycles. The van der Waals surface area contributed by atoms with E-state index in [1.807, 2.05) is 37.3 Å². The van der Waals surface area contributed by atoms with Gasteiger partial charge in [0.05, 0.1) is 21.5 Å². The second-order valence-electron chi connectivity index (χ2n) is 6.44. The molecule has 0 radical (unpaired) electrons.